The Hall–Kier alpha value is -1.91. The Morgan fingerprint density at radius 2 is 2.36 bits per heavy atom. The van der Waals surface area contributed by atoms with Gasteiger partial charge < -0.3 is 4.74 Å². The molecule has 0 unspecified atom stereocenters. The number of ether oxygens (including phenoxy) is 1. The summed E-state index contributed by atoms with van der Waals surface area (Å²) in [5, 5.41) is 10.7. The van der Waals surface area contributed by atoms with Crippen molar-refractivity contribution in [1.29, 1.82) is 0 Å². The van der Waals surface area contributed by atoms with Gasteiger partial charge in [0.25, 0.3) is 0 Å². The first-order chi connectivity index (χ1) is 6.60. The smallest absolute Gasteiger partial charge is 0.336 e. The molecule has 0 aliphatic carbocycles. The fraction of sp³-hybridized carbons (Fsp3) is 0.222. The average Bonchev–Trinajstić information content (AvgIpc) is 2.15. The largest absolute Gasteiger partial charge is 0.490 e. The lowest BCUT2D eigenvalue weighted by atomic mass is 10.2. The van der Waals surface area contributed by atoms with Gasteiger partial charge in [-0.1, -0.05) is 6.58 Å². The summed E-state index contributed by atoms with van der Waals surface area (Å²) in [7, 11) is 1.38. The molecule has 0 bridgehead atoms. The number of rotatable bonds is 3. The highest BCUT2D eigenvalue weighted by atomic mass is 16.6. The van der Waals surface area contributed by atoms with E-state index in [-0.39, 0.29) is 17.1 Å². The maximum Gasteiger partial charge on any atom is 0.336 e. The van der Waals surface area contributed by atoms with E-state index in [0.717, 1.165) is 0 Å². The first-order valence-electron chi connectivity index (χ1n) is 3.92. The zero-order chi connectivity index (χ0) is 10.7. The maximum absolute atomic E-state index is 10.7. The van der Waals surface area contributed by atoms with Crippen molar-refractivity contribution in [2.24, 2.45) is 0 Å². The Balaban J connectivity index is 3.48. The van der Waals surface area contributed by atoms with Crippen LogP contribution in [-0.2, 0) is 0 Å². The van der Waals surface area contributed by atoms with Crippen LogP contribution in [0.15, 0.2) is 12.6 Å². The summed E-state index contributed by atoms with van der Waals surface area (Å²) in [5.41, 5.74) is 0.738. The van der Waals surface area contributed by atoms with E-state index in [0.29, 0.717) is 5.69 Å². The van der Waals surface area contributed by atoms with Crippen LogP contribution in [0.1, 0.15) is 11.4 Å². The van der Waals surface area contributed by atoms with E-state index in [2.05, 4.69) is 11.6 Å². The van der Waals surface area contributed by atoms with Crippen LogP contribution in [0.25, 0.3) is 6.08 Å². The molecule has 0 N–H and O–H groups in total. The van der Waals surface area contributed by atoms with Gasteiger partial charge in [-0.05, 0) is 13.0 Å². The van der Waals surface area contributed by atoms with Crippen molar-refractivity contribution < 1.29 is 9.66 Å². The number of methoxy groups -OCH3 is 1. The molecule has 0 saturated carbocycles. The lowest BCUT2D eigenvalue weighted by molar-refractivity contribution is -0.386. The van der Waals surface area contributed by atoms with Gasteiger partial charge in [0.15, 0.2) is 0 Å². The van der Waals surface area contributed by atoms with Crippen LogP contribution in [0, 0.1) is 17.0 Å². The Kier molecular flexibility index (Phi) is 2.81. The summed E-state index contributed by atoms with van der Waals surface area (Å²) in [6.07, 6.45) is 1.34. The maximum atomic E-state index is 10.7. The fourth-order valence-corrected chi connectivity index (χ4v) is 1.14. The van der Waals surface area contributed by atoms with E-state index in [1.165, 1.54) is 19.3 Å². The van der Waals surface area contributed by atoms with Gasteiger partial charge in [-0.15, -0.1) is 0 Å². The minimum atomic E-state index is -0.526. The van der Waals surface area contributed by atoms with Gasteiger partial charge in [0.05, 0.1) is 12.0 Å². The fourth-order valence-electron chi connectivity index (χ4n) is 1.14. The third kappa shape index (κ3) is 1.71. The molecule has 0 aliphatic rings. The van der Waals surface area contributed by atoms with Gasteiger partial charge in [0, 0.05) is 11.8 Å². The van der Waals surface area contributed by atoms with Gasteiger partial charge in [-0.2, -0.15) is 0 Å². The molecule has 0 spiro atoms. The molecule has 5 nitrogen and oxygen atoms in total. The lowest BCUT2D eigenvalue weighted by Crippen LogP contribution is -1.99. The number of aromatic nitrogens is 1. The molecule has 14 heavy (non-hydrogen) atoms. The highest BCUT2D eigenvalue weighted by Crippen LogP contribution is 2.30. The second-order valence-electron chi connectivity index (χ2n) is 2.66. The first-order valence-corrected chi connectivity index (χ1v) is 3.92. The minimum Gasteiger partial charge on any atom is -0.490 e. The van der Waals surface area contributed by atoms with E-state index in [4.69, 9.17) is 4.74 Å². The number of aryl methyl sites for hydroxylation is 1. The van der Waals surface area contributed by atoms with Crippen molar-refractivity contribution >= 4 is 11.8 Å². The summed E-state index contributed by atoms with van der Waals surface area (Å²) < 4.78 is 4.90. The standard InChI is InChI=1S/C9H10N2O3/c1-4-7-9(11(12)13)8(14-3)5-6(2)10-7/h4-5H,1H2,2-3H3. The number of nitro groups is 1. The van der Waals surface area contributed by atoms with E-state index in [9.17, 15) is 10.1 Å². The van der Waals surface area contributed by atoms with Crippen LogP contribution < -0.4 is 4.74 Å². The van der Waals surface area contributed by atoms with Crippen molar-refractivity contribution in [3.8, 4) is 5.75 Å². The molecule has 0 fully saturated rings. The third-order valence-electron chi connectivity index (χ3n) is 1.71. The van der Waals surface area contributed by atoms with Gasteiger partial charge in [0.1, 0.15) is 5.69 Å². The van der Waals surface area contributed by atoms with Crippen molar-refractivity contribution in [1.82, 2.24) is 4.98 Å². The van der Waals surface area contributed by atoms with E-state index < -0.39 is 4.92 Å². The molecule has 0 saturated heterocycles. The molecule has 0 aromatic carbocycles. The molecular weight excluding hydrogens is 184 g/mol. The minimum absolute atomic E-state index is 0.145. The number of hydrogen-bond acceptors (Lipinski definition) is 4. The quantitative estimate of drug-likeness (QED) is 0.544. The van der Waals surface area contributed by atoms with Gasteiger partial charge >= 0.3 is 5.69 Å². The zero-order valence-corrected chi connectivity index (χ0v) is 7.98. The van der Waals surface area contributed by atoms with Crippen molar-refractivity contribution in [2.75, 3.05) is 7.11 Å². The molecule has 74 valence electrons. The predicted octanol–water partition coefficient (Wildman–Crippen LogP) is 1.95. The average molecular weight is 194 g/mol. The number of pyridine rings is 1. The zero-order valence-electron chi connectivity index (χ0n) is 7.98. The Morgan fingerprint density at radius 1 is 1.71 bits per heavy atom. The van der Waals surface area contributed by atoms with Crippen LogP contribution in [0.2, 0.25) is 0 Å². The highest BCUT2D eigenvalue weighted by molar-refractivity contribution is 5.62. The summed E-state index contributed by atoms with van der Waals surface area (Å²) in [5.74, 6) is 0.206. The molecule has 0 aliphatic heterocycles. The molecule has 1 aromatic rings. The van der Waals surface area contributed by atoms with Crippen LogP contribution in [0.3, 0.4) is 0 Å². The van der Waals surface area contributed by atoms with Crippen LogP contribution in [0.5, 0.6) is 5.75 Å². The van der Waals surface area contributed by atoms with E-state index >= 15 is 0 Å². The molecule has 1 rings (SSSR count). The Labute approximate surface area is 81.2 Å². The molecule has 5 heteroatoms. The van der Waals surface area contributed by atoms with Gasteiger partial charge in [0.2, 0.25) is 5.75 Å². The molecular formula is C9H10N2O3. The molecule has 0 radical (unpaired) electrons. The SMILES string of the molecule is C=Cc1nc(C)cc(OC)c1[N+](=O)[O-]. The Morgan fingerprint density at radius 3 is 2.79 bits per heavy atom. The lowest BCUT2D eigenvalue weighted by Gasteiger charge is -2.04. The summed E-state index contributed by atoms with van der Waals surface area (Å²) in [4.78, 5) is 14.2. The molecule has 0 atom stereocenters. The first kappa shape index (κ1) is 10.2. The molecule has 0 amide bonds. The van der Waals surface area contributed by atoms with E-state index in [1.807, 2.05) is 0 Å². The highest BCUT2D eigenvalue weighted by Gasteiger charge is 2.20. The normalized spacial score (nSPS) is 9.57. The summed E-state index contributed by atoms with van der Waals surface area (Å²) in [6, 6.07) is 1.52. The van der Waals surface area contributed by atoms with Gasteiger partial charge in [-0.3, -0.25) is 10.1 Å². The topological polar surface area (TPSA) is 65.3 Å². The van der Waals surface area contributed by atoms with Crippen molar-refractivity contribution in [2.45, 2.75) is 6.92 Å². The second kappa shape index (κ2) is 3.87. The Bertz CT molecular complexity index is 388. The summed E-state index contributed by atoms with van der Waals surface area (Å²) in [6.45, 7) is 5.20. The van der Waals surface area contributed by atoms with Crippen molar-refractivity contribution in [3.63, 3.8) is 0 Å². The van der Waals surface area contributed by atoms with Gasteiger partial charge in [-0.25, -0.2) is 4.98 Å². The summed E-state index contributed by atoms with van der Waals surface area (Å²) >= 11 is 0. The third-order valence-corrected chi connectivity index (χ3v) is 1.71. The predicted molar refractivity (Wildman–Crippen MR) is 52.3 cm³/mol. The van der Waals surface area contributed by atoms with Crippen LogP contribution >= 0.6 is 0 Å². The molecule has 1 aromatic heterocycles. The number of nitrogens with zero attached hydrogens (tertiary/aromatic N) is 2. The molecule has 1 heterocycles. The van der Waals surface area contributed by atoms with Crippen molar-refractivity contribution in [3.05, 3.63) is 34.1 Å². The monoisotopic (exact) mass is 194 g/mol. The van der Waals surface area contributed by atoms with Crippen LogP contribution in [-0.4, -0.2) is 17.0 Å². The number of hydrogen-bond donors (Lipinski definition) is 0. The van der Waals surface area contributed by atoms with Crippen LogP contribution in [0.4, 0.5) is 5.69 Å². The van der Waals surface area contributed by atoms with E-state index in [1.54, 1.807) is 6.92 Å². The second-order valence-corrected chi connectivity index (χ2v) is 2.66.